The van der Waals surface area contributed by atoms with Gasteiger partial charge in [0.05, 0.1) is 9.79 Å². The van der Waals surface area contributed by atoms with Crippen molar-refractivity contribution in [3.63, 3.8) is 0 Å². The van der Waals surface area contributed by atoms with Gasteiger partial charge in [0, 0.05) is 11.8 Å². The van der Waals surface area contributed by atoms with Gasteiger partial charge in [-0.1, -0.05) is 24.3 Å². The van der Waals surface area contributed by atoms with Crippen molar-refractivity contribution < 1.29 is 13.2 Å². The first-order valence-electron chi connectivity index (χ1n) is 6.95. The number of sulfone groups is 1. The summed E-state index contributed by atoms with van der Waals surface area (Å²) in [6, 6.07) is 19.2. The standard InChI is InChI=1S/C18H13NO3S/c20-18(17-8-4-5-13-19-17)14-9-11-16(12-10-14)23(21,22)15-6-2-1-3-7-15/h1-13H. The predicted octanol–water partition coefficient (Wildman–Crippen LogP) is 3.15. The molecular weight excluding hydrogens is 310 g/mol. The minimum absolute atomic E-state index is 0.154. The van der Waals surface area contributed by atoms with Crippen molar-refractivity contribution >= 4 is 15.6 Å². The van der Waals surface area contributed by atoms with E-state index < -0.39 is 9.84 Å². The van der Waals surface area contributed by atoms with Crippen molar-refractivity contribution in [2.45, 2.75) is 9.79 Å². The van der Waals surface area contributed by atoms with E-state index in [1.165, 1.54) is 24.3 Å². The third-order valence-electron chi connectivity index (χ3n) is 3.38. The number of benzene rings is 2. The summed E-state index contributed by atoms with van der Waals surface area (Å²) < 4.78 is 25.0. The van der Waals surface area contributed by atoms with Crippen LogP contribution < -0.4 is 0 Å². The fraction of sp³-hybridized carbons (Fsp3) is 0. The van der Waals surface area contributed by atoms with Crippen LogP contribution in [0.2, 0.25) is 0 Å². The Hall–Kier alpha value is -2.79. The van der Waals surface area contributed by atoms with E-state index in [4.69, 9.17) is 0 Å². The smallest absolute Gasteiger partial charge is 0.211 e. The van der Waals surface area contributed by atoms with Gasteiger partial charge >= 0.3 is 0 Å². The highest BCUT2D eigenvalue weighted by atomic mass is 32.2. The Morgan fingerprint density at radius 1 is 0.739 bits per heavy atom. The quantitative estimate of drug-likeness (QED) is 0.692. The third-order valence-corrected chi connectivity index (χ3v) is 5.16. The Morgan fingerprint density at radius 2 is 1.35 bits per heavy atom. The van der Waals surface area contributed by atoms with Gasteiger partial charge in [-0.3, -0.25) is 9.78 Å². The molecule has 0 spiro atoms. The molecular formula is C18H13NO3S. The molecule has 2 aromatic carbocycles. The molecule has 23 heavy (non-hydrogen) atoms. The summed E-state index contributed by atoms with van der Waals surface area (Å²) in [5.41, 5.74) is 0.724. The molecule has 0 N–H and O–H groups in total. The van der Waals surface area contributed by atoms with E-state index in [-0.39, 0.29) is 15.6 Å². The van der Waals surface area contributed by atoms with E-state index in [0.717, 1.165) is 0 Å². The van der Waals surface area contributed by atoms with Crippen molar-refractivity contribution in [2.75, 3.05) is 0 Å². The van der Waals surface area contributed by atoms with E-state index in [9.17, 15) is 13.2 Å². The summed E-state index contributed by atoms with van der Waals surface area (Å²) in [4.78, 5) is 16.7. The average molecular weight is 323 g/mol. The van der Waals surface area contributed by atoms with Gasteiger partial charge in [0.15, 0.2) is 0 Å². The third kappa shape index (κ3) is 3.05. The van der Waals surface area contributed by atoms with Crippen molar-refractivity contribution in [3.05, 3.63) is 90.3 Å². The molecule has 0 atom stereocenters. The number of hydrogen-bond acceptors (Lipinski definition) is 4. The van der Waals surface area contributed by atoms with Crippen LogP contribution in [0, 0.1) is 0 Å². The Labute approximate surface area is 134 Å². The maximum absolute atomic E-state index is 12.5. The van der Waals surface area contributed by atoms with E-state index in [1.807, 2.05) is 0 Å². The summed E-state index contributed by atoms with van der Waals surface area (Å²) in [6.45, 7) is 0. The van der Waals surface area contributed by atoms with Gasteiger partial charge in [0.25, 0.3) is 0 Å². The first-order chi connectivity index (χ1) is 11.1. The molecule has 0 amide bonds. The van der Waals surface area contributed by atoms with Crippen molar-refractivity contribution in [1.82, 2.24) is 4.98 Å². The zero-order valence-electron chi connectivity index (χ0n) is 12.1. The number of carbonyl (C=O) groups is 1. The fourth-order valence-corrected chi connectivity index (χ4v) is 3.45. The van der Waals surface area contributed by atoms with Crippen LogP contribution >= 0.6 is 0 Å². The maximum Gasteiger partial charge on any atom is 0.211 e. The number of carbonyl (C=O) groups excluding carboxylic acids is 1. The Morgan fingerprint density at radius 3 is 1.96 bits per heavy atom. The van der Waals surface area contributed by atoms with E-state index in [1.54, 1.807) is 54.7 Å². The second-order valence-electron chi connectivity index (χ2n) is 4.88. The molecule has 0 bridgehead atoms. The second-order valence-corrected chi connectivity index (χ2v) is 6.83. The molecule has 0 saturated heterocycles. The predicted molar refractivity (Wildman–Crippen MR) is 86.0 cm³/mol. The number of hydrogen-bond donors (Lipinski definition) is 0. The SMILES string of the molecule is O=C(c1ccc(S(=O)(=O)c2ccccc2)cc1)c1ccccn1. The normalized spacial score (nSPS) is 11.1. The number of pyridine rings is 1. The Balaban J connectivity index is 1.93. The van der Waals surface area contributed by atoms with Gasteiger partial charge in [-0.25, -0.2) is 8.42 Å². The molecule has 3 aromatic rings. The highest BCUT2D eigenvalue weighted by molar-refractivity contribution is 7.91. The van der Waals surface area contributed by atoms with Crippen LogP contribution in [0.25, 0.3) is 0 Å². The molecule has 0 saturated carbocycles. The van der Waals surface area contributed by atoms with Crippen LogP contribution in [0.4, 0.5) is 0 Å². The van der Waals surface area contributed by atoms with Crippen LogP contribution in [0.5, 0.6) is 0 Å². The molecule has 0 unspecified atom stereocenters. The van der Waals surface area contributed by atoms with Gasteiger partial charge in [0.1, 0.15) is 5.69 Å². The number of rotatable bonds is 4. The molecule has 3 rings (SSSR count). The zero-order chi connectivity index (χ0) is 16.3. The highest BCUT2D eigenvalue weighted by Gasteiger charge is 2.18. The largest absolute Gasteiger partial charge is 0.287 e. The van der Waals surface area contributed by atoms with Gasteiger partial charge in [-0.15, -0.1) is 0 Å². The number of ketones is 1. The second kappa shape index (κ2) is 6.14. The summed E-state index contributed by atoms with van der Waals surface area (Å²) in [5.74, 6) is -0.241. The molecule has 0 aliphatic heterocycles. The molecule has 4 nitrogen and oxygen atoms in total. The molecule has 0 radical (unpaired) electrons. The Kier molecular flexibility index (Phi) is 4.04. The van der Waals surface area contributed by atoms with E-state index in [0.29, 0.717) is 11.3 Å². The first kappa shape index (κ1) is 15.1. The van der Waals surface area contributed by atoms with Gasteiger partial charge in [-0.2, -0.15) is 0 Å². The average Bonchev–Trinajstić information content (AvgIpc) is 2.63. The van der Waals surface area contributed by atoms with Gasteiger partial charge < -0.3 is 0 Å². The minimum Gasteiger partial charge on any atom is -0.287 e. The molecule has 0 aliphatic carbocycles. The molecule has 0 fully saturated rings. The summed E-state index contributed by atoms with van der Waals surface area (Å²) >= 11 is 0. The van der Waals surface area contributed by atoms with E-state index >= 15 is 0 Å². The zero-order valence-corrected chi connectivity index (χ0v) is 12.9. The lowest BCUT2D eigenvalue weighted by atomic mass is 10.1. The van der Waals surface area contributed by atoms with Gasteiger partial charge in [-0.05, 0) is 48.5 Å². The van der Waals surface area contributed by atoms with Crippen molar-refractivity contribution in [2.24, 2.45) is 0 Å². The number of nitrogens with zero attached hydrogens (tertiary/aromatic N) is 1. The van der Waals surface area contributed by atoms with Crippen molar-refractivity contribution in [1.29, 1.82) is 0 Å². The summed E-state index contributed by atoms with van der Waals surface area (Å²) in [7, 11) is -3.57. The maximum atomic E-state index is 12.5. The fourth-order valence-electron chi connectivity index (χ4n) is 2.17. The highest BCUT2D eigenvalue weighted by Crippen LogP contribution is 2.21. The molecule has 1 aromatic heterocycles. The van der Waals surface area contributed by atoms with Crippen LogP contribution in [0.15, 0.2) is 88.8 Å². The summed E-state index contributed by atoms with van der Waals surface area (Å²) in [6.07, 6.45) is 1.54. The molecule has 5 heteroatoms. The summed E-state index contributed by atoms with van der Waals surface area (Å²) in [5, 5.41) is 0. The number of aromatic nitrogens is 1. The lowest BCUT2D eigenvalue weighted by Gasteiger charge is -2.05. The van der Waals surface area contributed by atoms with Crippen LogP contribution in [-0.4, -0.2) is 19.2 Å². The minimum atomic E-state index is -3.57. The lowest BCUT2D eigenvalue weighted by molar-refractivity contribution is 0.103. The van der Waals surface area contributed by atoms with E-state index in [2.05, 4.69) is 4.98 Å². The van der Waals surface area contributed by atoms with Crippen molar-refractivity contribution in [3.8, 4) is 0 Å². The van der Waals surface area contributed by atoms with Gasteiger partial charge in [0.2, 0.25) is 15.6 Å². The van der Waals surface area contributed by atoms with Crippen LogP contribution in [0.1, 0.15) is 16.1 Å². The molecule has 114 valence electrons. The molecule has 1 heterocycles. The lowest BCUT2D eigenvalue weighted by Crippen LogP contribution is -2.05. The van der Waals surface area contributed by atoms with Crippen LogP contribution in [-0.2, 0) is 9.84 Å². The molecule has 0 aliphatic rings. The first-order valence-corrected chi connectivity index (χ1v) is 8.43. The monoisotopic (exact) mass is 323 g/mol. The topological polar surface area (TPSA) is 64.1 Å². The van der Waals surface area contributed by atoms with Crippen LogP contribution in [0.3, 0.4) is 0 Å². The Bertz CT molecular complexity index is 919.